The first-order valence-electron chi connectivity index (χ1n) is 15.5. The summed E-state index contributed by atoms with van der Waals surface area (Å²) >= 11 is 0. The molecule has 6 nitrogen and oxygen atoms in total. The van der Waals surface area contributed by atoms with Crippen molar-refractivity contribution < 1.29 is 41.0 Å². The molecule has 2 heterocycles. The third-order valence-electron chi connectivity index (χ3n) is 9.41. The van der Waals surface area contributed by atoms with Crippen LogP contribution in [0.5, 0.6) is 0 Å². The van der Waals surface area contributed by atoms with Gasteiger partial charge < -0.3 is 15.7 Å². The van der Waals surface area contributed by atoms with Crippen LogP contribution >= 0.6 is 0 Å². The Bertz CT molecular complexity index is 1340. The number of hydrogen-bond donors (Lipinski definition) is 3. The quantitative estimate of drug-likeness (QED) is 0.230. The van der Waals surface area contributed by atoms with Gasteiger partial charge in [0.2, 0.25) is 5.91 Å². The molecule has 2 fully saturated rings. The van der Waals surface area contributed by atoms with Crippen molar-refractivity contribution in [3.63, 3.8) is 0 Å². The first-order chi connectivity index (χ1) is 20.9. The Labute approximate surface area is 259 Å². The van der Waals surface area contributed by atoms with Crippen molar-refractivity contribution in [3.8, 4) is 0 Å². The van der Waals surface area contributed by atoms with Crippen molar-refractivity contribution in [2.45, 2.75) is 96.6 Å². The third kappa shape index (κ3) is 8.56. The number of nitrogens with zero attached hydrogens (tertiary/aromatic N) is 1. The Kier molecular flexibility index (Phi) is 10.6. The Morgan fingerprint density at radius 2 is 1.56 bits per heavy atom. The van der Waals surface area contributed by atoms with Crippen molar-refractivity contribution in [2.75, 3.05) is 6.54 Å². The number of aromatic nitrogens is 1. The Morgan fingerprint density at radius 1 is 0.978 bits per heavy atom. The van der Waals surface area contributed by atoms with Crippen LogP contribution < -0.4 is 10.6 Å². The van der Waals surface area contributed by atoms with Crippen LogP contribution in [-0.2, 0) is 28.4 Å². The number of carboxylic acids is 1. The van der Waals surface area contributed by atoms with Gasteiger partial charge in [0.1, 0.15) is 0 Å². The smallest absolute Gasteiger partial charge is 0.416 e. The third-order valence-corrected chi connectivity index (χ3v) is 9.41. The Hall–Kier alpha value is -3.15. The molecular weight excluding hydrogens is 600 g/mol. The standard InChI is InChI=1S/C33H41F6N3O3/c1-17(2)27-10-9-25(19(4)40-16-21-7-5-20(6-8-21)11-29(43)44)28(41-27)15-26-18(3)30(42-31(26)45)22-12-23(32(34,35)36)14-24(13-22)33(37,38)39/h9-10,12-14,17-21,26,30,40H,5-8,11,15-16H2,1-4H3,(H,42,45)(H,43,44)/t18-,19?,20?,21?,26?,30+/m0/s1. The van der Waals surface area contributed by atoms with Gasteiger partial charge in [0.25, 0.3) is 0 Å². The highest BCUT2D eigenvalue weighted by molar-refractivity contribution is 5.82. The van der Waals surface area contributed by atoms with Crippen molar-refractivity contribution in [3.05, 3.63) is 64.0 Å². The average Bonchev–Trinajstić information content (AvgIpc) is 3.23. The first-order valence-corrected chi connectivity index (χ1v) is 15.5. The highest BCUT2D eigenvalue weighted by Gasteiger charge is 2.43. The van der Waals surface area contributed by atoms with Crippen LogP contribution in [-0.4, -0.2) is 28.5 Å². The number of amides is 1. The van der Waals surface area contributed by atoms with Gasteiger partial charge in [0.05, 0.1) is 17.2 Å². The molecule has 1 saturated carbocycles. The van der Waals surface area contributed by atoms with Gasteiger partial charge in [0.15, 0.2) is 0 Å². The SMILES string of the molecule is CC(C)c1ccc(C(C)NCC2CCC(CC(=O)O)CC2)c(CC2C(=O)N[C@@H](c3cc(C(F)(F)F)cc(C(F)(F)F)c3)[C@H]2C)n1. The number of hydrogen-bond acceptors (Lipinski definition) is 4. The lowest BCUT2D eigenvalue weighted by atomic mass is 9.80. The summed E-state index contributed by atoms with van der Waals surface area (Å²) in [4.78, 5) is 29.1. The van der Waals surface area contributed by atoms with Crippen molar-refractivity contribution in [2.24, 2.45) is 23.7 Å². The molecule has 45 heavy (non-hydrogen) atoms. The minimum atomic E-state index is -4.99. The molecule has 2 aromatic rings. The van der Waals surface area contributed by atoms with Gasteiger partial charge in [-0.1, -0.05) is 26.8 Å². The number of rotatable bonds is 10. The molecule has 1 amide bonds. The summed E-state index contributed by atoms with van der Waals surface area (Å²) in [6.45, 7) is 8.36. The number of carbonyl (C=O) groups excluding carboxylic acids is 1. The van der Waals surface area contributed by atoms with Crippen LogP contribution in [0, 0.1) is 23.7 Å². The Morgan fingerprint density at radius 3 is 2.09 bits per heavy atom. The number of carboxylic acid groups (broad SMARTS) is 1. The molecule has 1 saturated heterocycles. The fourth-order valence-electron chi connectivity index (χ4n) is 6.64. The molecule has 1 aliphatic heterocycles. The highest BCUT2D eigenvalue weighted by atomic mass is 19.4. The first kappa shape index (κ1) is 34.7. The second kappa shape index (κ2) is 13.7. The van der Waals surface area contributed by atoms with Crippen LogP contribution in [0.25, 0.3) is 0 Å². The average molecular weight is 642 g/mol. The van der Waals surface area contributed by atoms with E-state index in [0.717, 1.165) is 43.5 Å². The van der Waals surface area contributed by atoms with Crippen LogP contribution in [0.1, 0.15) is 111 Å². The number of aliphatic carboxylic acids is 1. The van der Waals surface area contributed by atoms with Gasteiger partial charge in [-0.15, -0.1) is 0 Å². The second-order valence-corrected chi connectivity index (χ2v) is 13.0. The van der Waals surface area contributed by atoms with E-state index in [2.05, 4.69) is 10.6 Å². The molecule has 4 atom stereocenters. The van der Waals surface area contributed by atoms with E-state index in [1.165, 1.54) is 0 Å². The van der Waals surface area contributed by atoms with Gasteiger partial charge in [-0.25, -0.2) is 0 Å². The van der Waals surface area contributed by atoms with Crippen LogP contribution in [0.15, 0.2) is 30.3 Å². The van der Waals surface area contributed by atoms with Gasteiger partial charge in [-0.2, -0.15) is 26.3 Å². The molecule has 0 radical (unpaired) electrons. The summed E-state index contributed by atoms with van der Waals surface area (Å²) in [6.07, 6.45) is -6.00. The molecule has 248 valence electrons. The van der Waals surface area contributed by atoms with E-state index >= 15 is 0 Å². The zero-order chi connectivity index (χ0) is 33.3. The molecule has 4 rings (SSSR count). The van der Waals surface area contributed by atoms with E-state index in [1.54, 1.807) is 6.92 Å². The normalized spacial score (nSPS) is 25.0. The minimum Gasteiger partial charge on any atom is -0.481 e. The lowest BCUT2D eigenvalue weighted by Gasteiger charge is -2.29. The molecule has 2 unspecified atom stereocenters. The lowest BCUT2D eigenvalue weighted by Crippen LogP contribution is -2.30. The molecule has 2 aliphatic rings. The molecule has 1 aromatic carbocycles. The summed E-state index contributed by atoms with van der Waals surface area (Å²) in [5, 5.41) is 15.3. The maximum atomic E-state index is 13.5. The molecular formula is C33H41F6N3O3. The molecule has 1 aromatic heterocycles. The number of halogens is 6. The molecule has 1 aliphatic carbocycles. The van der Waals surface area contributed by atoms with Crippen molar-refractivity contribution in [1.82, 2.24) is 15.6 Å². The van der Waals surface area contributed by atoms with E-state index in [9.17, 15) is 35.9 Å². The number of benzene rings is 1. The van der Waals surface area contributed by atoms with Crippen molar-refractivity contribution in [1.29, 1.82) is 0 Å². The van der Waals surface area contributed by atoms with E-state index < -0.39 is 53.2 Å². The molecule has 0 spiro atoms. The summed E-state index contributed by atoms with van der Waals surface area (Å²) in [5.74, 6) is -1.84. The molecule has 12 heteroatoms. The summed E-state index contributed by atoms with van der Waals surface area (Å²) in [6, 6.07) is 4.18. The predicted octanol–water partition coefficient (Wildman–Crippen LogP) is 7.84. The Balaban J connectivity index is 1.53. The summed E-state index contributed by atoms with van der Waals surface area (Å²) in [5.41, 5.74) is -0.715. The van der Waals surface area contributed by atoms with Crippen LogP contribution in [0.2, 0.25) is 0 Å². The minimum absolute atomic E-state index is 0.0894. The van der Waals surface area contributed by atoms with Gasteiger partial charge in [0, 0.05) is 36.2 Å². The van der Waals surface area contributed by atoms with E-state index in [4.69, 9.17) is 10.1 Å². The fraction of sp³-hybridized carbons (Fsp3) is 0.606. The van der Waals surface area contributed by atoms with Crippen molar-refractivity contribution >= 4 is 11.9 Å². The number of carbonyl (C=O) groups is 2. The lowest BCUT2D eigenvalue weighted by molar-refractivity contribution is -0.143. The molecule has 0 bridgehead atoms. The second-order valence-electron chi connectivity index (χ2n) is 13.0. The predicted molar refractivity (Wildman–Crippen MR) is 156 cm³/mol. The van der Waals surface area contributed by atoms with Gasteiger partial charge in [-0.05, 0) is 98.2 Å². The van der Waals surface area contributed by atoms with Gasteiger partial charge in [-0.3, -0.25) is 14.6 Å². The number of nitrogens with one attached hydrogen (secondary N) is 2. The topological polar surface area (TPSA) is 91.3 Å². The monoisotopic (exact) mass is 641 g/mol. The van der Waals surface area contributed by atoms with E-state index in [-0.39, 0.29) is 42.3 Å². The van der Waals surface area contributed by atoms with E-state index in [0.29, 0.717) is 23.7 Å². The van der Waals surface area contributed by atoms with Crippen LogP contribution in [0.3, 0.4) is 0 Å². The van der Waals surface area contributed by atoms with Gasteiger partial charge >= 0.3 is 18.3 Å². The largest absolute Gasteiger partial charge is 0.481 e. The maximum Gasteiger partial charge on any atom is 0.416 e. The summed E-state index contributed by atoms with van der Waals surface area (Å²) < 4.78 is 81.2. The molecule has 3 N–H and O–H groups in total. The zero-order valence-electron chi connectivity index (χ0n) is 25.9. The van der Waals surface area contributed by atoms with Crippen LogP contribution in [0.4, 0.5) is 26.3 Å². The van der Waals surface area contributed by atoms with E-state index in [1.807, 2.05) is 32.9 Å². The fourth-order valence-corrected chi connectivity index (χ4v) is 6.64. The number of pyridine rings is 1. The zero-order valence-corrected chi connectivity index (χ0v) is 25.9. The maximum absolute atomic E-state index is 13.5. The summed E-state index contributed by atoms with van der Waals surface area (Å²) in [7, 11) is 0. The number of alkyl halides is 6. The highest BCUT2D eigenvalue weighted by Crippen LogP contribution is 2.42.